The highest BCUT2D eigenvalue weighted by Crippen LogP contribution is 2.27. The number of hydrogen-bond acceptors (Lipinski definition) is 7. The Hall–Kier alpha value is -3.55. The van der Waals surface area contributed by atoms with Crippen LogP contribution in [0.15, 0.2) is 53.1 Å². The van der Waals surface area contributed by atoms with E-state index in [-0.39, 0.29) is 19.1 Å². The van der Waals surface area contributed by atoms with Crippen molar-refractivity contribution in [3.8, 4) is 28.8 Å². The number of carbonyl (C=O) groups is 1. The maximum absolute atomic E-state index is 11.9. The van der Waals surface area contributed by atoms with Gasteiger partial charge in [-0.25, -0.2) is 0 Å². The molecule has 8 nitrogen and oxygen atoms in total. The fourth-order valence-electron chi connectivity index (χ4n) is 2.39. The molecule has 2 heterocycles. The van der Waals surface area contributed by atoms with Crippen LogP contribution in [-0.4, -0.2) is 43.0 Å². The first-order valence-electron chi connectivity index (χ1n) is 8.70. The first-order valence-corrected chi connectivity index (χ1v) is 8.70. The minimum absolute atomic E-state index is 0.114. The summed E-state index contributed by atoms with van der Waals surface area (Å²) in [5.41, 5.74) is 1.67. The monoisotopic (exact) mass is 383 g/mol. The predicted molar refractivity (Wildman–Crippen MR) is 101 cm³/mol. The van der Waals surface area contributed by atoms with Gasteiger partial charge in [0.2, 0.25) is 5.88 Å². The topological polar surface area (TPSA) is 95.7 Å². The summed E-state index contributed by atoms with van der Waals surface area (Å²) in [5, 5.41) is 10.7. The molecule has 1 N–H and O–H groups in total. The van der Waals surface area contributed by atoms with Crippen LogP contribution in [0.3, 0.4) is 0 Å². The molecule has 8 heteroatoms. The molecule has 0 unspecified atom stereocenters. The minimum Gasteiger partial charge on any atom is -0.493 e. The van der Waals surface area contributed by atoms with E-state index in [1.807, 2.05) is 19.1 Å². The molecule has 3 aromatic rings. The van der Waals surface area contributed by atoms with E-state index in [4.69, 9.17) is 18.6 Å². The van der Waals surface area contributed by atoms with Gasteiger partial charge in [-0.1, -0.05) is 6.07 Å². The maximum Gasteiger partial charge on any atom is 0.258 e. The fraction of sp³-hybridized carbons (Fsp3) is 0.250. The number of aryl methyl sites for hydroxylation is 1. The highest BCUT2D eigenvalue weighted by molar-refractivity contribution is 5.77. The quantitative estimate of drug-likeness (QED) is 0.568. The van der Waals surface area contributed by atoms with Crippen LogP contribution in [0.5, 0.6) is 17.4 Å². The molecule has 28 heavy (non-hydrogen) atoms. The number of furan rings is 1. The molecule has 146 valence electrons. The summed E-state index contributed by atoms with van der Waals surface area (Å²) >= 11 is 0. The van der Waals surface area contributed by atoms with Crippen molar-refractivity contribution < 1.29 is 23.4 Å². The summed E-state index contributed by atoms with van der Waals surface area (Å²) < 4.78 is 21.5. The van der Waals surface area contributed by atoms with Gasteiger partial charge >= 0.3 is 0 Å². The first kappa shape index (κ1) is 19.2. The van der Waals surface area contributed by atoms with Crippen LogP contribution in [0, 0.1) is 6.92 Å². The van der Waals surface area contributed by atoms with Gasteiger partial charge in [0.15, 0.2) is 23.9 Å². The molecule has 0 fully saturated rings. The molecule has 2 aromatic heterocycles. The number of hydrogen-bond donors (Lipinski definition) is 1. The predicted octanol–water partition coefficient (Wildman–Crippen LogP) is 2.63. The molecule has 0 aliphatic rings. The van der Waals surface area contributed by atoms with Gasteiger partial charge in [0.05, 0.1) is 19.9 Å². The number of nitrogens with one attached hydrogen (secondary N) is 1. The van der Waals surface area contributed by atoms with Crippen LogP contribution < -0.4 is 19.5 Å². The van der Waals surface area contributed by atoms with E-state index in [9.17, 15) is 4.79 Å². The van der Waals surface area contributed by atoms with Crippen LogP contribution in [0.4, 0.5) is 0 Å². The summed E-state index contributed by atoms with van der Waals surface area (Å²) in [6.45, 7) is 2.41. The number of amides is 1. The second-order valence-corrected chi connectivity index (χ2v) is 5.88. The van der Waals surface area contributed by atoms with E-state index in [2.05, 4.69) is 15.5 Å². The molecular formula is C20H21N3O5. The summed E-state index contributed by atoms with van der Waals surface area (Å²) in [4.78, 5) is 11.9. The van der Waals surface area contributed by atoms with Gasteiger partial charge in [-0.2, -0.15) is 0 Å². The lowest BCUT2D eigenvalue weighted by atomic mass is 10.2. The lowest BCUT2D eigenvalue weighted by Crippen LogP contribution is -2.32. The van der Waals surface area contributed by atoms with E-state index in [0.29, 0.717) is 35.4 Å². The second-order valence-electron chi connectivity index (χ2n) is 5.88. The van der Waals surface area contributed by atoms with E-state index in [1.54, 1.807) is 43.7 Å². The number of carbonyl (C=O) groups excluding carboxylic acids is 1. The summed E-state index contributed by atoms with van der Waals surface area (Å²) in [7, 11) is 1.56. The van der Waals surface area contributed by atoms with Crippen molar-refractivity contribution in [1.82, 2.24) is 15.5 Å². The van der Waals surface area contributed by atoms with Gasteiger partial charge in [-0.3, -0.25) is 4.79 Å². The highest BCUT2D eigenvalue weighted by Gasteiger charge is 2.08. The van der Waals surface area contributed by atoms with Crippen molar-refractivity contribution in [2.45, 2.75) is 6.92 Å². The average Bonchev–Trinajstić information content (AvgIpc) is 3.25. The Bertz CT molecular complexity index is 895. The minimum atomic E-state index is -0.259. The number of methoxy groups -OCH3 is 1. The van der Waals surface area contributed by atoms with Crippen molar-refractivity contribution in [2.24, 2.45) is 0 Å². The summed E-state index contributed by atoms with van der Waals surface area (Å²) in [5.74, 6) is 1.85. The molecule has 0 saturated heterocycles. The molecule has 0 aliphatic carbocycles. The van der Waals surface area contributed by atoms with Gasteiger partial charge in [-0.05, 0) is 42.8 Å². The molecule has 0 spiro atoms. The molecule has 0 radical (unpaired) electrons. The van der Waals surface area contributed by atoms with Crippen LogP contribution in [0.1, 0.15) is 5.56 Å². The SMILES string of the molecule is COc1cc(C)ccc1OCC(=O)NCCOc1ccc(-c2ccco2)nn1. The number of rotatable bonds is 9. The fourth-order valence-corrected chi connectivity index (χ4v) is 2.39. The number of aromatic nitrogens is 2. The third-order valence-corrected chi connectivity index (χ3v) is 3.77. The Morgan fingerprint density at radius 1 is 1.11 bits per heavy atom. The molecule has 1 aromatic carbocycles. The van der Waals surface area contributed by atoms with Crippen LogP contribution in [0.2, 0.25) is 0 Å². The zero-order valence-electron chi connectivity index (χ0n) is 15.7. The van der Waals surface area contributed by atoms with E-state index in [1.165, 1.54) is 0 Å². The van der Waals surface area contributed by atoms with Crippen molar-refractivity contribution in [3.05, 3.63) is 54.3 Å². The molecule has 0 bridgehead atoms. The highest BCUT2D eigenvalue weighted by atomic mass is 16.5. The Morgan fingerprint density at radius 3 is 2.71 bits per heavy atom. The summed E-state index contributed by atoms with van der Waals surface area (Å²) in [6, 6.07) is 12.5. The molecule has 1 amide bonds. The Labute approximate surface area is 162 Å². The van der Waals surface area contributed by atoms with Gasteiger partial charge in [0.1, 0.15) is 12.3 Å². The standard InChI is InChI=1S/C20H21N3O5/c1-14-5-7-17(18(12-14)25-2)28-13-19(24)21-9-11-27-20-8-6-15(22-23-20)16-4-3-10-26-16/h3-8,10,12H,9,11,13H2,1-2H3,(H,21,24). The van der Waals surface area contributed by atoms with Gasteiger partial charge in [-0.15, -0.1) is 10.2 Å². The van der Waals surface area contributed by atoms with E-state index < -0.39 is 0 Å². The van der Waals surface area contributed by atoms with E-state index in [0.717, 1.165) is 5.56 Å². The van der Waals surface area contributed by atoms with Crippen molar-refractivity contribution in [3.63, 3.8) is 0 Å². The second kappa shape index (κ2) is 9.40. The van der Waals surface area contributed by atoms with Gasteiger partial charge in [0, 0.05) is 6.07 Å². The van der Waals surface area contributed by atoms with Gasteiger partial charge in [0.25, 0.3) is 5.91 Å². The zero-order chi connectivity index (χ0) is 19.8. The largest absolute Gasteiger partial charge is 0.493 e. The van der Waals surface area contributed by atoms with Crippen molar-refractivity contribution in [2.75, 3.05) is 26.9 Å². The normalized spacial score (nSPS) is 10.4. The molecule has 3 rings (SSSR count). The third-order valence-electron chi connectivity index (χ3n) is 3.77. The van der Waals surface area contributed by atoms with Crippen LogP contribution in [-0.2, 0) is 4.79 Å². The number of benzene rings is 1. The zero-order valence-corrected chi connectivity index (χ0v) is 15.7. The van der Waals surface area contributed by atoms with E-state index >= 15 is 0 Å². The lowest BCUT2D eigenvalue weighted by Gasteiger charge is -2.11. The third kappa shape index (κ3) is 5.23. The lowest BCUT2D eigenvalue weighted by molar-refractivity contribution is -0.123. The van der Waals surface area contributed by atoms with Crippen LogP contribution in [0.25, 0.3) is 11.5 Å². The smallest absolute Gasteiger partial charge is 0.258 e. The number of ether oxygens (including phenoxy) is 3. The van der Waals surface area contributed by atoms with Crippen molar-refractivity contribution >= 4 is 5.91 Å². The van der Waals surface area contributed by atoms with Crippen molar-refractivity contribution in [1.29, 1.82) is 0 Å². The Morgan fingerprint density at radius 2 is 2.00 bits per heavy atom. The Kier molecular flexibility index (Phi) is 6.46. The number of nitrogens with zero attached hydrogens (tertiary/aromatic N) is 2. The Balaban J connectivity index is 1.37. The maximum atomic E-state index is 11.9. The molecule has 0 atom stereocenters. The molecular weight excluding hydrogens is 362 g/mol. The average molecular weight is 383 g/mol. The van der Waals surface area contributed by atoms with Crippen LogP contribution >= 0.6 is 0 Å². The first-order chi connectivity index (χ1) is 13.7. The molecule has 0 saturated carbocycles. The molecule has 0 aliphatic heterocycles. The van der Waals surface area contributed by atoms with Gasteiger partial charge < -0.3 is 23.9 Å². The summed E-state index contributed by atoms with van der Waals surface area (Å²) in [6.07, 6.45) is 1.57.